The maximum absolute atomic E-state index is 13.7. The van der Waals surface area contributed by atoms with Crippen LogP contribution in [0, 0.1) is 5.92 Å². The van der Waals surface area contributed by atoms with Crippen molar-refractivity contribution in [2.75, 3.05) is 14.2 Å². The Morgan fingerprint density at radius 1 is 1.03 bits per heavy atom. The number of ketones is 1. The molecular weight excluding hydrogens is 374 g/mol. The van der Waals surface area contributed by atoms with Crippen LogP contribution in [-0.2, 0) is 13.5 Å². The zero-order valence-corrected chi connectivity index (χ0v) is 18.4. The number of aryl methyl sites for hydroxylation is 2. The Bertz CT molecular complexity index is 1070. The molecule has 1 fully saturated rings. The Kier molecular flexibility index (Phi) is 5.85. The highest BCUT2D eigenvalue weighted by Crippen LogP contribution is 2.42. The molecular formula is C26H31NO3. The van der Waals surface area contributed by atoms with Crippen LogP contribution in [0.15, 0.2) is 42.5 Å². The minimum atomic E-state index is -0.0356. The molecule has 1 aliphatic rings. The lowest BCUT2D eigenvalue weighted by molar-refractivity contribution is 0.0864. The van der Waals surface area contributed by atoms with Crippen molar-refractivity contribution in [1.82, 2.24) is 4.57 Å². The van der Waals surface area contributed by atoms with Crippen molar-refractivity contribution < 1.29 is 14.3 Å². The van der Waals surface area contributed by atoms with Gasteiger partial charge in [-0.1, -0.05) is 25.8 Å². The fraction of sp³-hybridized carbons (Fsp3) is 0.423. The molecule has 2 atom stereocenters. The highest BCUT2D eigenvalue weighted by atomic mass is 16.5. The predicted octanol–water partition coefficient (Wildman–Crippen LogP) is 5.91. The van der Waals surface area contributed by atoms with E-state index >= 15 is 0 Å². The largest absolute Gasteiger partial charge is 0.497 e. The quantitative estimate of drug-likeness (QED) is 0.478. The Labute approximate surface area is 178 Å². The fourth-order valence-corrected chi connectivity index (χ4v) is 5.04. The van der Waals surface area contributed by atoms with Crippen molar-refractivity contribution in [1.29, 1.82) is 0 Å². The molecule has 0 saturated heterocycles. The van der Waals surface area contributed by atoms with Crippen LogP contribution in [0.4, 0.5) is 0 Å². The summed E-state index contributed by atoms with van der Waals surface area (Å²) < 4.78 is 13.1. The van der Waals surface area contributed by atoms with Gasteiger partial charge in [0.05, 0.1) is 19.8 Å². The number of hydrogen-bond acceptors (Lipinski definition) is 3. The Hall–Kier alpha value is -2.75. The number of Topliss-reactive ketones (excluding diaryl/α,β-unsaturated/α-hetero) is 1. The molecule has 0 bridgehead atoms. The Morgan fingerprint density at radius 2 is 1.83 bits per heavy atom. The van der Waals surface area contributed by atoms with Gasteiger partial charge in [-0.25, -0.2) is 0 Å². The van der Waals surface area contributed by atoms with Gasteiger partial charge in [-0.3, -0.25) is 4.79 Å². The van der Waals surface area contributed by atoms with E-state index in [2.05, 4.69) is 42.8 Å². The van der Waals surface area contributed by atoms with Crippen molar-refractivity contribution in [2.45, 2.75) is 44.9 Å². The molecule has 4 nitrogen and oxygen atoms in total. The van der Waals surface area contributed by atoms with Crippen LogP contribution in [0.25, 0.3) is 10.9 Å². The molecule has 30 heavy (non-hydrogen) atoms. The Morgan fingerprint density at radius 3 is 2.57 bits per heavy atom. The number of methoxy groups -OCH3 is 2. The highest BCUT2D eigenvalue weighted by molar-refractivity contribution is 6.01. The van der Waals surface area contributed by atoms with Gasteiger partial charge in [0, 0.05) is 29.6 Å². The number of aromatic nitrogens is 1. The van der Waals surface area contributed by atoms with Crippen LogP contribution < -0.4 is 9.47 Å². The molecule has 0 amide bonds. The molecule has 0 radical (unpaired) electrons. The second kappa shape index (κ2) is 8.55. The summed E-state index contributed by atoms with van der Waals surface area (Å²) in [6.45, 7) is 2.19. The van der Waals surface area contributed by atoms with Gasteiger partial charge in [-0.2, -0.15) is 0 Å². The van der Waals surface area contributed by atoms with Gasteiger partial charge in [0.2, 0.25) is 0 Å². The number of carbonyl (C=O) groups is 1. The molecule has 1 saturated carbocycles. The molecule has 1 aromatic heterocycles. The molecule has 2 unspecified atom stereocenters. The number of hydrogen-bond donors (Lipinski definition) is 0. The summed E-state index contributed by atoms with van der Waals surface area (Å²) in [5.41, 5.74) is 4.49. The van der Waals surface area contributed by atoms with E-state index in [-0.39, 0.29) is 17.6 Å². The second-order valence-electron chi connectivity index (χ2n) is 8.29. The van der Waals surface area contributed by atoms with E-state index in [1.54, 1.807) is 14.2 Å². The van der Waals surface area contributed by atoms with Gasteiger partial charge in [0.1, 0.15) is 11.5 Å². The molecule has 4 rings (SSSR count). The molecule has 0 spiro atoms. The summed E-state index contributed by atoms with van der Waals surface area (Å²) in [6.07, 6.45) is 5.22. The van der Waals surface area contributed by atoms with E-state index in [1.807, 2.05) is 18.2 Å². The lowest BCUT2D eigenvalue weighted by Gasteiger charge is -2.31. The average Bonchev–Trinajstić information content (AvgIpc) is 3.13. The third-order valence-corrected chi connectivity index (χ3v) is 6.73. The van der Waals surface area contributed by atoms with Crippen molar-refractivity contribution in [2.24, 2.45) is 13.0 Å². The van der Waals surface area contributed by atoms with Gasteiger partial charge in [0.15, 0.2) is 5.78 Å². The van der Waals surface area contributed by atoms with Crippen LogP contribution >= 0.6 is 0 Å². The maximum Gasteiger partial charge on any atom is 0.170 e. The average molecular weight is 406 g/mol. The van der Waals surface area contributed by atoms with Gasteiger partial charge < -0.3 is 14.0 Å². The van der Waals surface area contributed by atoms with Crippen molar-refractivity contribution in [3.63, 3.8) is 0 Å². The first kappa shape index (κ1) is 20.5. The van der Waals surface area contributed by atoms with Crippen LogP contribution in [0.1, 0.15) is 60.1 Å². The van der Waals surface area contributed by atoms with Gasteiger partial charge in [-0.15, -0.1) is 0 Å². The standard InChI is InChI=1S/C26H31NO3/c1-5-19-15-18-14-17(10-12-24(18)27(19)2)21-8-6-7-9-22(21)26(28)23-16-20(29-3)11-13-25(23)30-4/h10-16,21-22H,5-9H2,1-4H3. The number of carbonyl (C=O) groups excluding carboxylic acids is 1. The summed E-state index contributed by atoms with van der Waals surface area (Å²) in [5.74, 6) is 1.67. The number of rotatable bonds is 6. The monoisotopic (exact) mass is 405 g/mol. The first-order chi connectivity index (χ1) is 14.6. The summed E-state index contributed by atoms with van der Waals surface area (Å²) in [6, 6.07) is 14.5. The molecule has 4 heteroatoms. The number of nitrogens with zero attached hydrogens (tertiary/aromatic N) is 1. The van der Waals surface area contributed by atoms with Crippen molar-refractivity contribution >= 4 is 16.7 Å². The summed E-state index contributed by atoms with van der Waals surface area (Å²) in [5, 5.41) is 1.27. The smallest absolute Gasteiger partial charge is 0.170 e. The van der Waals surface area contributed by atoms with E-state index in [4.69, 9.17) is 9.47 Å². The molecule has 0 N–H and O–H groups in total. The third-order valence-electron chi connectivity index (χ3n) is 6.73. The number of fused-ring (bicyclic) bond motifs is 1. The summed E-state index contributed by atoms with van der Waals surface area (Å²) >= 11 is 0. The fourth-order valence-electron chi connectivity index (χ4n) is 5.04. The van der Waals surface area contributed by atoms with Gasteiger partial charge in [0.25, 0.3) is 0 Å². The van der Waals surface area contributed by atoms with Crippen LogP contribution in [0.3, 0.4) is 0 Å². The minimum absolute atomic E-state index is 0.0356. The normalized spacial score (nSPS) is 19.1. The highest BCUT2D eigenvalue weighted by Gasteiger charge is 2.34. The molecule has 3 aromatic rings. The SMILES string of the molecule is CCc1cc2cc(C3CCCCC3C(=O)c3cc(OC)ccc3OC)ccc2n1C. The first-order valence-corrected chi connectivity index (χ1v) is 10.9. The van der Waals surface area contributed by atoms with Crippen molar-refractivity contribution in [3.05, 3.63) is 59.3 Å². The molecule has 1 heterocycles. The van der Waals surface area contributed by atoms with E-state index in [1.165, 1.54) is 22.2 Å². The van der Waals surface area contributed by atoms with Gasteiger partial charge in [-0.05, 0) is 67.1 Å². The second-order valence-corrected chi connectivity index (χ2v) is 8.29. The van der Waals surface area contributed by atoms with Crippen molar-refractivity contribution in [3.8, 4) is 11.5 Å². The molecule has 158 valence electrons. The van der Waals surface area contributed by atoms with Crippen LogP contribution in [0.2, 0.25) is 0 Å². The predicted molar refractivity (Wildman–Crippen MR) is 121 cm³/mol. The van der Waals surface area contributed by atoms with Crippen LogP contribution in [-0.4, -0.2) is 24.6 Å². The molecule has 0 aliphatic heterocycles. The first-order valence-electron chi connectivity index (χ1n) is 10.9. The molecule has 2 aromatic carbocycles. The minimum Gasteiger partial charge on any atom is -0.497 e. The lowest BCUT2D eigenvalue weighted by Crippen LogP contribution is -2.26. The van der Waals surface area contributed by atoms with E-state index < -0.39 is 0 Å². The topological polar surface area (TPSA) is 40.5 Å². The van der Waals surface area contributed by atoms with E-state index in [9.17, 15) is 4.79 Å². The lowest BCUT2D eigenvalue weighted by atomic mass is 9.72. The summed E-state index contributed by atoms with van der Waals surface area (Å²) in [4.78, 5) is 13.7. The maximum atomic E-state index is 13.7. The zero-order valence-electron chi connectivity index (χ0n) is 18.4. The third kappa shape index (κ3) is 3.60. The van der Waals surface area contributed by atoms with E-state index in [0.29, 0.717) is 17.1 Å². The number of benzene rings is 2. The Balaban J connectivity index is 1.71. The summed E-state index contributed by atoms with van der Waals surface area (Å²) in [7, 11) is 5.37. The van der Waals surface area contributed by atoms with Crippen LogP contribution in [0.5, 0.6) is 11.5 Å². The zero-order chi connectivity index (χ0) is 21.3. The molecule has 1 aliphatic carbocycles. The van der Waals surface area contributed by atoms with E-state index in [0.717, 1.165) is 32.1 Å². The van der Waals surface area contributed by atoms with Gasteiger partial charge >= 0.3 is 0 Å². The number of ether oxygens (including phenoxy) is 2.